The summed E-state index contributed by atoms with van der Waals surface area (Å²) in [5.74, 6) is 0.474. The van der Waals surface area contributed by atoms with Crippen LogP contribution in [0.4, 0.5) is 0 Å². The fourth-order valence-corrected chi connectivity index (χ4v) is 3.23. The molecule has 1 aromatic rings. The molecule has 1 saturated heterocycles. The van der Waals surface area contributed by atoms with Crippen molar-refractivity contribution < 1.29 is 17.3 Å². The van der Waals surface area contributed by atoms with E-state index in [9.17, 15) is 8.42 Å². The Bertz CT molecular complexity index is 463. The molecule has 106 valence electrons. The minimum Gasteiger partial charge on any atom is -0.381 e. The molecule has 0 amide bonds. The van der Waals surface area contributed by atoms with Crippen LogP contribution in [0.2, 0.25) is 0 Å². The van der Waals surface area contributed by atoms with Crippen LogP contribution >= 0.6 is 0 Å². The number of hydrogen-bond acceptors (Lipinski definition) is 4. The zero-order chi connectivity index (χ0) is 13.6. The molecule has 0 atom stereocenters. The third-order valence-corrected chi connectivity index (χ3v) is 4.53. The van der Waals surface area contributed by atoms with E-state index in [4.69, 9.17) is 8.92 Å². The van der Waals surface area contributed by atoms with E-state index in [2.05, 4.69) is 0 Å². The normalized spacial score (nSPS) is 17.5. The van der Waals surface area contributed by atoms with Crippen LogP contribution in [-0.2, 0) is 24.8 Å². The van der Waals surface area contributed by atoms with Gasteiger partial charge in [0.05, 0.1) is 6.61 Å². The molecule has 0 radical (unpaired) electrons. The SMILES string of the molecule is O=S(=O)(Cc1ccccc1)OCCC1CCOCC1. The van der Waals surface area contributed by atoms with Crippen molar-refractivity contribution in [3.8, 4) is 0 Å². The van der Waals surface area contributed by atoms with Gasteiger partial charge in [-0.25, -0.2) is 0 Å². The Kier molecular flexibility index (Phi) is 5.36. The van der Waals surface area contributed by atoms with E-state index in [1.807, 2.05) is 18.2 Å². The summed E-state index contributed by atoms with van der Waals surface area (Å²) in [6, 6.07) is 9.10. The van der Waals surface area contributed by atoms with Gasteiger partial charge < -0.3 is 4.74 Å². The molecule has 1 aliphatic heterocycles. The summed E-state index contributed by atoms with van der Waals surface area (Å²) in [6.07, 6.45) is 2.79. The lowest BCUT2D eigenvalue weighted by molar-refractivity contribution is 0.0597. The minimum atomic E-state index is -3.47. The van der Waals surface area contributed by atoms with Gasteiger partial charge in [0.1, 0.15) is 5.75 Å². The van der Waals surface area contributed by atoms with Crippen LogP contribution in [0.25, 0.3) is 0 Å². The van der Waals surface area contributed by atoms with E-state index >= 15 is 0 Å². The molecule has 0 aromatic heterocycles. The van der Waals surface area contributed by atoms with Gasteiger partial charge in [-0.15, -0.1) is 0 Å². The quantitative estimate of drug-likeness (QED) is 0.752. The molecule has 0 spiro atoms. The maximum Gasteiger partial charge on any atom is 0.271 e. The standard InChI is InChI=1S/C14H20O4S/c15-19(16,12-14-4-2-1-3-5-14)18-11-8-13-6-9-17-10-7-13/h1-5,13H,6-12H2. The van der Waals surface area contributed by atoms with Gasteiger partial charge in [0.15, 0.2) is 0 Å². The first kappa shape index (κ1) is 14.5. The van der Waals surface area contributed by atoms with Gasteiger partial charge in [0, 0.05) is 13.2 Å². The molecule has 0 saturated carbocycles. The zero-order valence-corrected chi connectivity index (χ0v) is 11.8. The lowest BCUT2D eigenvalue weighted by atomic mass is 9.97. The molecule has 19 heavy (non-hydrogen) atoms. The minimum absolute atomic E-state index is 0.0540. The molecule has 1 aliphatic rings. The molecule has 0 bridgehead atoms. The average molecular weight is 284 g/mol. The third-order valence-electron chi connectivity index (χ3n) is 3.32. The van der Waals surface area contributed by atoms with Crippen molar-refractivity contribution in [3.63, 3.8) is 0 Å². The molecular weight excluding hydrogens is 264 g/mol. The average Bonchev–Trinajstić information content (AvgIpc) is 2.40. The van der Waals surface area contributed by atoms with E-state index < -0.39 is 10.1 Å². The lowest BCUT2D eigenvalue weighted by Gasteiger charge is -2.21. The van der Waals surface area contributed by atoms with E-state index in [1.54, 1.807) is 12.1 Å². The van der Waals surface area contributed by atoms with Gasteiger partial charge in [-0.1, -0.05) is 30.3 Å². The molecule has 0 aliphatic carbocycles. The maximum absolute atomic E-state index is 11.8. The van der Waals surface area contributed by atoms with Crippen LogP contribution < -0.4 is 0 Å². The first-order chi connectivity index (χ1) is 9.16. The largest absolute Gasteiger partial charge is 0.381 e. The molecule has 2 rings (SSSR count). The van der Waals surface area contributed by atoms with E-state index in [-0.39, 0.29) is 12.4 Å². The highest BCUT2D eigenvalue weighted by molar-refractivity contribution is 7.85. The lowest BCUT2D eigenvalue weighted by Crippen LogP contribution is -2.18. The van der Waals surface area contributed by atoms with E-state index in [0.29, 0.717) is 5.92 Å². The molecule has 4 nitrogen and oxygen atoms in total. The van der Waals surface area contributed by atoms with Crippen LogP contribution in [0.5, 0.6) is 0 Å². The van der Waals surface area contributed by atoms with Crippen LogP contribution in [0.3, 0.4) is 0 Å². The van der Waals surface area contributed by atoms with Crippen LogP contribution in [0, 0.1) is 5.92 Å². The van der Waals surface area contributed by atoms with Gasteiger partial charge in [-0.3, -0.25) is 4.18 Å². The van der Waals surface area contributed by atoms with Crippen molar-refractivity contribution in [1.82, 2.24) is 0 Å². The zero-order valence-electron chi connectivity index (χ0n) is 11.0. The number of rotatable bonds is 6. The molecule has 0 N–H and O–H groups in total. The van der Waals surface area contributed by atoms with Crippen LogP contribution in [0.1, 0.15) is 24.8 Å². The maximum atomic E-state index is 11.8. The first-order valence-corrected chi connectivity index (χ1v) is 8.22. The van der Waals surface area contributed by atoms with Crippen molar-refractivity contribution in [2.24, 2.45) is 5.92 Å². The topological polar surface area (TPSA) is 52.6 Å². The van der Waals surface area contributed by atoms with Gasteiger partial charge in [0.25, 0.3) is 10.1 Å². The summed E-state index contributed by atoms with van der Waals surface area (Å²) in [7, 11) is -3.47. The van der Waals surface area contributed by atoms with Crippen molar-refractivity contribution in [3.05, 3.63) is 35.9 Å². The molecule has 1 fully saturated rings. The Morgan fingerprint density at radius 1 is 1.16 bits per heavy atom. The van der Waals surface area contributed by atoms with E-state index in [0.717, 1.165) is 38.0 Å². The van der Waals surface area contributed by atoms with Crippen LogP contribution in [-0.4, -0.2) is 28.2 Å². The predicted molar refractivity (Wildman–Crippen MR) is 73.2 cm³/mol. The molecule has 0 unspecified atom stereocenters. The fraction of sp³-hybridized carbons (Fsp3) is 0.571. The number of hydrogen-bond donors (Lipinski definition) is 0. The summed E-state index contributed by atoms with van der Waals surface area (Å²) in [6.45, 7) is 1.84. The Labute approximate surface area is 114 Å². The summed E-state index contributed by atoms with van der Waals surface area (Å²) in [5, 5.41) is 0. The second-order valence-electron chi connectivity index (χ2n) is 4.85. The monoisotopic (exact) mass is 284 g/mol. The third kappa shape index (κ3) is 5.30. The summed E-state index contributed by atoms with van der Waals surface area (Å²) in [5.41, 5.74) is 0.758. The highest BCUT2D eigenvalue weighted by atomic mass is 32.2. The van der Waals surface area contributed by atoms with Crippen molar-refractivity contribution >= 4 is 10.1 Å². The van der Waals surface area contributed by atoms with E-state index in [1.165, 1.54) is 0 Å². The fourth-order valence-electron chi connectivity index (χ4n) is 2.20. The Balaban J connectivity index is 1.74. The summed E-state index contributed by atoms with van der Waals surface area (Å²) in [4.78, 5) is 0. The smallest absolute Gasteiger partial charge is 0.271 e. The van der Waals surface area contributed by atoms with Crippen molar-refractivity contribution in [2.75, 3.05) is 19.8 Å². The highest BCUT2D eigenvalue weighted by Gasteiger charge is 2.16. The summed E-state index contributed by atoms with van der Waals surface area (Å²) >= 11 is 0. The highest BCUT2D eigenvalue weighted by Crippen LogP contribution is 2.19. The van der Waals surface area contributed by atoms with Gasteiger partial charge in [0.2, 0.25) is 0 Å². The molecular formula is C14H20O4S. The van der Waals surface area contributed by atoms with Crippen molar-refractivity contribution in [1.29, 1.82) is 0 Å². The molecule has 1 aromatic carbocycles. The number of ether oxygens (including phenoxy) is 1. The van der Waals surface area contributed by atoms with Crippen LogP contribution in [0.15, 0.2) is 30.3 Å². The second kappa shape index (κ2) is 7.03. The Morgan fingerprint density at radius 2 is 1.84 bits per heavy atom. The van der Waals surface area contributed by atoms with Gasteiger partial charge >= 0.3 is 0 Å². The number of benzene rings is 1. The van der Waals surface area contributed by atoms with Gasteiger partial charge in [-0.2, -0.15) is 8.42 Å². The second-order valence-corrected chi connectivity index (χ2v) is 6.49. The first-order valence-electron chi connectivity index (χ1n) is 6.64. The summed E-state index contributed by atoms with van der Waals surface area (Å²) < 4.78 is 33.9. The Hall–Kier alpha value is -0.910. The Morgan fingerprint density at radius 3 is 2.53 bits per heavy atom. The van der Waals surface area contributed by atoms with Gasteiger partial charge in [-0.05, 0) is 30.7 Å². The van der Waals surface area contributed by atoms with Crippen molar-refractivity contribution in [2.45, 2.75) is 25.0 Å². The molecule has 1 heterocycles. The predicted octanol–water partition coefficient (Wildman–Crippen LogP) is 2.35. The molecule has 5 heteroatoms.